The van der Waals surface area contributed by atoms with Crippen LogP contribution >= 0.6 is 11.3 Å². The molecule has 11 heteroatoms. The Labute approximate surface area is 257 Å². The van der Waals surface area contributed by atoms with E-state index < -0.39 is 5.41 Å². The summed E-state index contributed by atoms with van der Waals surface area (Å²) in [6, 6.07) is 6.87. The number of likely N-dealkylation sites (tertiary alicyclic amines) is 1. The van der Waals surface area contributed by atoms with Crippen molar-refractivity contribution in [1.29, 1.82) is 5.26 Å². The number of fused-ring (bicyclic) bond motifs is 1. The van der Waals surface area contributed by atoms with Crippen LogP contribution in [0.15, 0.2) is 16.7 Å². The van der Waals surface area contributed by atoms with Crippen LogP contribution in [-0.2, 0) is 11.8 Å². The Bertz CT molecular complexity index is 1540. The Balaban J connectivity index is 1.25. The van der Waals surface area contributed by atoms with Gasteiger partial charge in [0.05, 0.1) is 11.0 Å². The average molecular weight is 603 g/mol. The maximum Gasteiger partial charge on any atom is 0.237 e. The molecule has 1 spiro atoms. The number of thiophene rings is 1. The molecule has 3 atom stereocenters. The third kappa shape index (κ3) is 5.07. The highest BCUT2D eigenvalue weighted by molar-refractivity contribution is 7.16. The molecule has 43 heavy (non-hydrogen) atoms. The van der Waals surface area contributed by atoms with Gasteiger partial charge in [0.15, 0.2) is 0 Å². The number of pyridine rings is 1. The van der Waals surface area contributed by atoms with Gasteiger partial charge in [-0.15, -0.1) is 11.3 Å². The van der Waals surface area contributed by atoms with E-state index in [9.17, 15) is 5.26 Å². The minimum Gasteiger partial charge on any atom is -0.473 e. The third-order valence-corrected chi connectivity index (χ3v) is 11.5. The molecule has 3 fully saturated rings. The first-order chi connectivity index (χ1) is 20.8. The number of hydrogen-bond donors (Lipinski definition) is 2. The number of hydrogen-bond acceptors (Lipinski definition) is 11. The van der Waals surface area contributed by atoms with Crippen LogP contribution in [-0.4, -0.2) is 70.9 Å². The molecule has 0 radical (unpaired) electrons. The number of nitriles is 1. The summed E-state index contributed by atoms with van der Waals surface area (Å²) < 4.78 is 12.6. The summed E-state index contributed by atoms with van der Waals surface area (Å²) in [7, 11) is 2.17. The molecule has 10 nitrogen and oxygen atoms in total. The maximum atomic E-state index is 9.93. The van der Waals surface area contributed by atoms with Gasteiger partial charge in [0.2, 0.25) is 17.6 Å². The Hall–Kier alpha value is -3.20. The molecule has 0 aromatic carbocycles. The molecule has 2 aliphatic carbocycles. The van der Waals surface area contributed by atoms with Crippen LogP contribution < -0.4 is 20.7 Å². The number of anilines is 2. The van der Waals surface area contributed by atoms with E-state index in [1.165, 1.54) is 43.4 Å². The highest BCUT2D eigenvalue weighted by Gasteiger charge is 2.43. The number of nitrogens with two attached hydrogens (primary N) is 1. The minimum absolute atomic E-state index is 0.00106. The zero-order chi connectivity index (χ0) is 29.8. The van der Waals surface area contributed by atoms with E-state index in [1.807, 2.05) is 0 Å². The minimum atomic E-state index is -0.579. The second-order valence-corrected chi connectivity index (χ2v) is 14.4. The van der Waals surface area contributed by atoms with Crippen molar-refractivity contribution < 1.29 is 9.26 Å². The molecular weight excluding hydrogens is 560 g/mol. The van der Waals surface area contributed by atoms with E-state index in [4.69, 9.17) is 25.0 Å². The fourth-order valence-corrected chi connectivity index (χ4v) is 9.26. The Morgan fingerprint density at radius 3 is 2.79 bits per heavy atom. The van der Waals surface area contributed by atoms with Gasteiger partial charge in [-0.2, -0.15) is 10.2 Å². The van der Waals surface area contributed by atoms with Crippen LogP contribution in [0.4, 0.5) is 10.7 Å². The van der Waals surface area contributed by atoms with Crippen molar-refractivity contribution in [1.82, 2.24) is 25.3 Å². The van der Waals surface area contributed by atoms with Crippen LogP contribution in [0.1, 0.15) is 87.1 Å². The van der Waals surface area contributed by atoms with Gasteiger partial charge in [-0.1, -0.05) is 18.0 Å². The van der Waals surface area contributed by atoms with Crippen LogP contribution in [0.5, 0.6) is 5.88 Å². The van der Waals surface area contributed by atoms with Crippen molar-refractivity contribution in [2.75, 3.05) is 43.9 Å². The summed E-state index contributed by atoms with van der Waals surface area (Å²) >= 11 is 1.51. The fourth-order valence-electron chi connectivity index (χ4n) is 8.07. The smallest absolute Gasteiger partial charge is 0.237 e. The molecule has 3 aromatic heterocycles. The lowest BCUT2D eigenvalue weighted by molar-refractivity contribution is 0.117. The van der Waals surface area contributed by atoms with Gasteiger partial charge < -0.3 is 25.2 Å². The van der Waals surface area contributed by atoms with E-state index >= 15 is 0 Å². The van der Waals surface area contributed by atoms with Gasteiger partial charge in [0, 0.05) is 53.4 Å². The van der Waals surface area contributed by atoms with Crippen LogP contribution in [0.2, 0.25) is 0 Å². The van der Waals surface area contributed by atoms with Crippen LogP contribution in [0.25, 0.3) is 11.5 Å². The average Bonchev–Trinajstić information content (AvgIpc) is 3.80. The predicted molar refractivity (Wildman–Crippen MR) is 168 cm³/mol. The van der Waals surface area contributed by atoms with Gasteiger partial charge >= 0.3 is 0 Å². The van der Waals surface area contributed by atoms with E-state index in [2.05, 4.69) is 59.4 Å². The lowest BCUT2D eigenvalue weighted by Crippen LogP contribution is -2.59. The summed E-state index contributed by atoms with van der Waals surface area (Å²) in [5.41, 5.74) is 9.06. The molecule has 1 saturated carbocycles. The van der Waals surface area contributed by atoms with Crippen molar-refractivity contribution in [3.63, 3.8) is 0 Å². The summed E-state index contributed by atoms with van der Waals surface area (Å²) in [5, 5.41) is 18.8. The predicted octanol–water partition coefficient (Wildman–Crippen LogP) is 4.87. The molecule has 3 aromatic rings. The number of nitrogens with zero attached hydrogens (tertiary/aromatic N) is 6. The molecule has 4 aliphatic rings. The monoisotopic (exact) mass is 602 g/mol. The zero-order valence-corrected chi connectivity index (χ0v) is 26.3. The van der Waals surface area contributed by atoms with E-state index in [0.717, 1.165) is 68.0 Å². The molecule has 2 aliphatic heterocycles. The Kier molecular flexibility index (Phi) is 7.35. The highest BCUT2D eigenvalue weighted by atomic mass is 32.1. The highest BCUT2D eigenvalue weighted by Crippen LogP contribution is 2.48. The lowest BCUT2D eigenvalue weighted by atomic mass is 9.72. The normalized spacial score (nSPS) is 26.0. The molecule has 0 bridgehead atoms. The molecular formula is C32H42N8O2S. The van der Waals surface area contributed by atoms with Crippen molar-refractivity contribution in [3.8, 4) is 23.5 Å². The van der Waals surface area contributed by atoms with E-state index in [0.29, 0.717) is 39.9 Å². The second-order valence-electron chi connectivity index (χ2n) is 13.3. The Morgan fingerprint density at radius 1 is 1.19 bits per heavy atom. The van der Waals surface area contributed by atoms with Gasteiger partial charge in [0.25, 0.3) is 0 Å². The summed E-state index contributed by atoms with van der Waals surface area (Å²) in [6.07, 6.45) is 9.97. The number of nitrogen functional groups attached to an aromatic ring is 1. The van der Waals surface area contributed by atoms with Gasteiger partial charge in [0.1, 0.15) is 22.9 Å². The second kappa shape index (κ2) is 11.1. The summed E-state index contributed by atoms with van der Waals surface area (Å²) in [5.74, 6) is 1.53. The Morgan fingerprint density at radius 2 is 2.02 bits per heavy atom. The molecule has 5 heterocycles. The first kappa shape index (κ1) is 28.6. The van der Waals surface area contributed by atoms with Crippen LogP contribution in [0, 0.1) is 11.3 Å². The SMILES string of the molecule is C[C@H](Oc1cc(N2CCNC3(CCCC3)C2)cc(-c2noc([C@@]3(C)CCCc4sc(N)c(C#N)c43)n2)n1)[C@@H]1CCCN1C. The van der Waals surface area contributed by atoms with Crippen molar-refractivity contribution >= 4 is 22.0 Å². The number of aryl methyl sites for hydroxylation is 1. The molecule has 3 N–H and O–H groups in total. The molecule has 7 rings (SSSR count). The van der Waals surface area contributed by atoms with E-state index in [-0.39, 0.29) is 11.6 Å². The summed E-state index contributed by atoms with van der Waals surface area (Å²) in [6.45, 7) is 8.16. The molecule has 228 valence electrons. The van der Waals surface area contributed by atoms with Crippen LogP contribution in [0.3, 0.4) is 0 Å². The lowest BCUT2D eigenvalue weighted by Gasteiger charge is -2.42. The zero-order valence-electron chi connectivity index (χ0n) is 25.5. The number of ether oxygens (including phenoxy) is 1. The van der Waals surface area contributed by atoms with E-state index in [1.54, 1.807) is 0 Å². The third-order valence-electron chi connectivity index (χ3n) is 10.4. The number of aromatic nitrogens is 3. The number of likely N-dealkylation sites (N-methyl/N-ethyl adjacent to an activating group) is 1. The van der Waals surface area contributed by atoms with Gasteiger partial charge in [-0.05, 0) is 78.5 Å². The van der Waals surface area contributed by atoms with Gasteiger partial charge in [-0.3, -0.25) is 4.90 Å². The first-order valence-corrected chi connectivity index (χ1v) is 16.7. The first-order valence-electron chi connectivity index (χ1n) is 15.8. The quantitative estimate of drug-likeness (QED) is 0.403. The maximum absolute atomic E-state index is 9.93. The molecule has 0 amide bonds. The summed E-state index contributed by atoms with van der Waals surface area (Å²) in [4.78, 5) is 15.9. The molecule has 2 saturated heterocycles. The fraction of sp³-hybridized carbons (Fsp3) is 0.625. The van der Waals surface area contributed by atoms with Crippen molar-refractivity contribution in [2.24, 2.45) is 0 Å². The van der Waals surface area contributed by atoms with Gasteiger partial charge in [-0.25, -0.2) is 4.98 Å². The largest absolute Gasteiger partial charge is 0.473 e. The standard InChI is InChI=1S/C32H42N8O2S/c1-20(24-8-7-14-39(24)3)41-26-17-21(40-15-13-35-32(19-40)11-4-5-12-32)16-23(36-26)29-37-30(42-38-29)31(2)10-6-9-25-27(31)22(18-33)28(34)43-25/h16-17,20,24,35H,4-15,19,34H2,1-3H3/t20-,24-,31-/m0/s1. The molecule has 0 unspecified atom stereocenters. The number of nitrogens with one attached hydrogen (secondary N) is 1. The topological polar surface area (TPSA) is 129 Å². The van der Waals surface area contributed by atoms with Crippen molar-refractivity contribution in [2.45, 2.75) is 94.7 Å². The number of rotatable bonds is 6. The van der Waals surface area contributed by atoms with Crippen molar-refractivity contribution in [3.05, 3.63) is 34.0 Å². The number of piperazine rings is 1.